The van der Waals surface area contributed by atoms with E-state index < -0.39 is 30.2 Å². The summed E-state index contributed by atoms with van der Waals surface area (Å²) in [6.07, 6.45) is -4.06. The Morgan fingerprint density at radius 2 is 2.05 bits per heavy atom. The molecule has 116 valence electrons. The minimum atomic E-state index is -4.63. The van der Waals surface area contributed by atoms with E-state index in [0.717, 1.165) is 4.68 Å². The fraction of sp³-hybridized carbons (Fsp3) is 0.667. The molecule has 1 aliphatic heterocycles. The van der Waals surface area contributed by atoms with E-state index in [1.165, 1.54) is 0 Å². The Morgan fingerprint density at radius 3 is 2.62 bits per heavy atom. The second-order valence-electron chi connectivity index (χ2n) is 5.11. The summed E-state index contributed by atoms with van der Waals surface area (Å²) in [5, 5.41) is 12.3. The first-order valence-electron chi connectivity index (χ1n) is 6.46. The molecule has 1 aromatic heterocycles. The van der Waals surface area contributed by atoms with E-state index in [1.807, 2.05) is 0 Å². The summed E-state index contributed by atoms with van der Waals surface area (Å²) >= 11 is 0. The van der Waals surface area contributed by atoms with Gasteiger partial charge in [-0.3, -0.25) is 9.48 Å². The zero-order valence-corrected chi connectivity index (χ0v) is 10.9. The molecule has 2 heterocycles. The minimum Gasteiger partial charge on any atom is -0.480 e. The second-order valence-corrected chi connectivity index (χ2v) is 5.11. The van der Waals surface area contributed by atoms with Crippen LogP contribution >= 0.6 is 0 Å². The third-order valence-corrected chi connectivity index (χ3v) is 3.72. The number of aromatic nitrogens is 2. The Balaban J connectivity index is 2.03. The van der Waals surface area contributed by atoms with E-state index in [-0.39, 0.29) is 18.4 Å². The first kappa shape index (κ1) is 14.3. The van der Waals surface area contributed by atoms with Crippen molar-refractivity contribution in [3.63, 3.8) is 0 Å². The second kappa shape index (κ2) is 4.70. The average molecular weight is 306 g/mol. The molecule has 0 aromatic carbocycles. The quantitative estimate of drug-likeness (QED) is 0.889. The molecule has 0 saturated carbocycles. The van der Waals surface area contributed by atoms with Gasteiger partial charge in [-0.1, -0.05) is 0 Å². The summed E-state index contributed by atoms with van der Waals surface area (Å²) in [5.41, 5.74) is -0.761. The van der Waals surface area contributed by atoms with Crippen LogP contribution in [0, 0.1) is 0 Å². The van der Waals surface area contributed by atoms with Crippen LogP contribution in [0.25, 0.3) is 0 Å². The third-order valence-electron chi connectivity index (χ3n) is 3.72. The fourth-order valence-corrected chi connectivity index (χ4v) is 2.90. The van der Waals surface area contributed by atoms with Crippen molar-refractivity contribution in [2.75, 3.05) is 13.2 Å². The Morgan fingerprint density at radius 1 is 1.38 bits per heavy atom. The standard InChI is InChI=1S/C12H13F3N2O4/c13-12(14,15)10-7-5-11(20-3-4-21-11)2-1-8(7)17(16-10)6-9(18)19/h1-6H2,(H,18,19). The summed E-state index contributed by atoms with van der Waals surface area (Å²) in [4.78, 5) is 10.8. The number of hydrogen-bond acceptors (Lipinski definition) is 4. The molecule has 6 nitrogen and oxygen atoms in total. The maximum absolute atomic E-state index is 13.1. The summed E-state index contributed by atoms with van der Waals surface area (Å²) in [6.45, 7) is 0.104. The molecule has 1 aliphatic carbocycles. The van der Waals surface area contributed by atoms with E-state index in [4.69, 9.17) is 14.6 Å². The number of fused-ring (bicyclic) bond motifs is 1. The number of rotatable bonds is 2. The van der Waals surface area contributed by atoms with Crippen molar-refractivity contribution in [3.8, 4) is 0 Å². The van der Waals surface area contributed by atoms with E-state index in [0.29, 0.717) is 25.3 Å². The van der Waals surface area contributed by atoms with E-state index >= 15 is 0 Å². The number of alkyl halides is 3. The number of ether oxygens (including phenoxy) is 2. The highest BCUT2D eigenvalue weighted by atomic mass is 19.4. The molecular formula is C12H13F3N2O4. The number of halogens is 3. The summed E-state index contributed by atoms with van der Waals surface area (Å²) in [6, 6.07) is 0. The van der Waals surface area contributed by atoms with Gasteiger partial charge in [-0.05, 0) is 6.42 Å². The van der Waals surface area contributed by atoms with Crippen LogP contribution in [-0.4, -0.2) is 39.9 Å². The number of carboxylic acids is 1. The Bertz CT molecular complexity index is 576. The molecule has 21 heavy (non-hydrogen) atoms. The van der Waals surface area contributed by atoms with Gasteiger partial charge in [-0.25, -0.2) is 0 Å². The molecule has 1 spiro atoms. The van der Waals surface area contributed by atoms with Gasteiger partial charge in [0.25, 0.3) is 0 Å². The molecule has 0 radical (unpaired) electrons. The molecule has 9 heteroatoms. The van der Waals surface area contributed by atoms with Crippen molar-refractivity contribution in [2.24, 2.45) is 0 Å². The van der Waals surface area contributed by atoms with E-state index in [1.54, 1.807) is 0 Å². The van der Waals surface area contributed by atoms with Gasteiger partial charge in [-0.2, -0.15) is 18.3 Å². The first-order valence-corrected chi connectivity index (χ1v) is 6.46. The number of aliphatic carboxylic acids is 1. The van der Waals surface area contributed by atoms with Gasteiger partial charge >= 0.3 is 12.1 Å². The molecule has 1 N–H and O–H groups in total. The highest BCUT2D eigenvalue weighted by molar-refractivity contribution is 5.66. The highest BCUT2D eigenvalue weighted by Gasteiger charge is 2.47. The number of carbonyl (C=O) groups is 1. The van der Waals surface area contributed by atoms with Crippen LogP contribution < -0.4 is 0 Å². The summed E-state index contributed by atoms with van der Waals surface area (Å²) in [7, 11) is 0. The van der Waals surface area contributed by atoms with Crippen LogP contribution in [0.5, 0.6) is 0 Å². The molecule has 0 amide bonds. The molecule has 0 unspecified atom stereocenters. The Labute approximate surface area is 117 Å². The van der Waals surface area contributed by atoms with Crippen molar-refractivity contribution in [2.45, 2.75) is 37.8 Å². The van der Waals surface area contributed by atoms with E-state index in [2.05, 4.69) is 5.10 Å². The largest absolute Gasteiger partial charge is 0.480 e. The highest BCUT2D eigenvalue weighted by Crippen LogP contribution is 2.41. The molecule has 0 atom stereocenters. The van der Waals surface area contributed by atoms with Gasteiger partial charge in [0.05, 0.1) is 13.2 Å². The molecule has 0 bridgehead atoms. The lowest BCUT2D eigenvalue weighted by atomic mass is 9.90. The fourth-order valence-electron chi connectivity index (χ4n) is 2.90. The van der Waals surface area contributed by atoms with Crippen LogP contribution in [0.2, 0.25) is 0 Å². The van der Waals surface area contributed by atoms with Crippen LogP contribution in [0.3, 0.4) is 0 Å². The molecular weight excluding hydrogens is 293 g/mol. The lowest BCUT2D eigenvalue weighted by Crippen LogP contribution is -2.38. The van der Waals surface area contributed by atoms with Gasteiger partial charge in [-0.15, -0.1) is 0 Å². The van der Waals surface area contributed by atoms with Crippen LogP contribution in [-0.2, 0) is 39.8 Å². The van der Waals surface area contributed by atoms with Crippen LogP contribution in [0.1, 0.15) is 23.4 Å². The molecule has 1 aromatic rings. The Kier molecular flexibility index (Phi) is 3.21. The molecule has 1 fully saturated rings. The summed E-state index contributed by atoms with van der Waals surface area (Å²) < 4.78 is 51.1. The van der Waals surface area contributed by atoms with Crippen LogP contribution in [0.15, 0.2) is 0 Å². The normalized spacial score (nSPS) is 20.7. The summed E-state index contributed by atoms with van der Waals surface area (Å²) in [5.74, 6) is -2.26. The van der Waals surface area contributed by atoms with Crippen LogP contribution in [0.4, 0.5) is 13.2 Å². The zero-order valence-electron chi connectivity index (χ0n) is 10.9. The van der Waals surface area contributed by atoms with Gasteiger partial charge < -0.3 is 14.6 Å². The number of hydrogen-bond donors (Lipinski definition) is 1. The number of nitrogens with zero attached hydrogens (tertiary/aromatic N) is 2. The molecule has 1 saturated heterocycles. The lowest BCUT2D eigenvalue weighted by molar-refractivity contribution is -0.167. The zero-order chi connectivity index (χ0) is 15.3. The van der Waals surface area contributed by atoms with Crippen molar-refractivity contribution in [3.05, 3.63) is 17.0 Å². The van der Waals surface area contributed by atoms with Gasteiger partial charge in [0.1, 0.15) is 6.54 Å². The average Bonchev–Trinajstić information content (AvgIpc) is 2.94. The number of carboxylic acid groups (broad SMARTS) is 1. The third kappa shape index (κ3) is 2.51. The smallest absolute Gasteiger partial charge is 0.435 e. The van der Waals surface area contributed by atoms with Gasteiger partial charge in [0.15, 0.2) is 11.5 Å². The topological polar surface area (TPSA) is 73.6 Å². The van der Waals surface area contributed by atoms with E-state index in [9.17, 15) is 18.0 Å². The monoisotopic (exact) mass is 306 g/mol. The van der Waals surface area contributed by atoms with Crippen molar-refractivity contribution >= 4 is 5.97 Å². The van der Waals surface area contributed by atoms with Crippen molar-refractivity contribution in [1.29, 1.82) is 0 Å². The predicted octanol–water partition coefficient (Wildman–Crippen LogP) is 1.22. The predicted molar refractivity (Wildman–Crippen MR) is 61.5 cm³/mol. The van der Waals surface area contributed by atoms with Crippen molar-refractivity contribution < 1.29 is 32.5 Å². The maximum Gasteiger partial charge on any atom is 0.435 e. The SMILES string of the molecule is O=C(O)Cn1nc(C(F)(F)F)c2c1CCC1(C2)OCCO1. The van der Waals surface area contributed by atoms with Crippen molar-refractivity contribution in [1.82, 2.24) is 9.78 Å². The maximum atomic E-state index is 13.1. The molecule has 3 rings (SSSR count). The first-order chi connectivity index (χ1) is 9.81. The lowest BCUT2D eigenvalue weighted by Gasteiger charge is -2.31. The minimum absolute atomic E-state index is 0.0168. The van der Waals surface area contributed by atoms with Gasteiger partial charge in [0, 0.05) is 24.1 Å². The Hall–Kier alpha value is -1.61. The van der Waals surface area contributed by atoms with Gasteiger partial charge in [0.2, 0.25) is 0 Å². The molecule has 2 aliphatic rings.